The maximum atomic E-state index is 10.8. The summed E-state index contributed by atoms with van der Waals surface area (Å²) in [5.74, 6) is -0.702. The van der Waals surface area contributed by atoms with Crippen molar-refractivity contribution in [3.05, 3.63) is 16.1 Å². The highest BCUT2D eigenvalue weighted by Gasteiger charge is 2.27. The molecule has 0 bridgehead atoms. The van der Waals surface area contributed by atoms with E-state index in [2.05, 4.69) is 36.0 Å². The van der Waals surface area contributed by atoms with Crippen LogP contribution in [0.4, 0.5) is 0 Å². The van der Waals surface area contributed by atoms with Crippen LogP contribution >= 0.6 is 11.3 Å². The van der Waals surface area contributed by atoms with E-state index in [1.54, 1.807) is 11.3 Å². The average Bonchev–Trinajstić information content (AvgIpc) is 2.88. The van der Waals surface area contributed by atoms with Gasteiger partial charge in [-0.25, -0.2) is 4.98 Å². The molecular weight excluding hydrogens is 260 g/mol. The third-order valence-electron chi connectivity index (χ3n) is 3.57. The zero-order valence-corrected chi connectivity index (χ0v) is 12.7. The molecule has 2 rings (SSSR count). The minimum Gasteiger partial charge on any atom is -0.481 e. The Balaban J connectivity index is 2.00. The van der Waals surface area contributed by atoms with E-state index in [9.17, 15) is 4.79 Å². The standard InChI is InChI=1S/C14H22N2O2S/c1-14(2,3)11-9-19-12(15-11)8-16-6-4-5-10(16)7-13(17)18/h9-10H,4-8H2,1-3H3,(H,17,18). The lowest BCUT2D eigenvalue weighted by Gasteiger charge is -2.21. The molecule has 106 valence electrons. The molecule has 0 saturated carbocycles. The molecule has 0 spiro atoms. The van der Waals surface area contributed by atoms with Crippen LogP contribution in [-0.4, -0.2) is 33.5 Å². The number of nitrogens with zero attached hydrogens (tertiary/aromatic N) is 2. The number of carboxylic acids is 1. The highest BCUT2D eigenvalue weighted by atomic mass is 32.1. The van der Waals surface area contributed by atoms with Gasteiger partial charge in [0.15, 0.2) is 0 Å². The Hall–Kier alpha value is -0.940. The molecule has 1 aromatic rings. The summed E-state index contributed by atoms with van der Waals surface area (Å²) in [7, 11) is 0. The molecule has 1 saturated heterocycles. The van der Waals surface area contributed by atoms with Crippen molar-refractivity contribution in [2.24, 2.45) is 0 Å². The summed E-state index contributed by atoms with van der Waals surface area (Å²) in [4.78, 5) is 17.8. The molecule has 0 aliphatic carbocycles. The molecule has 2 heterocycles. The summed E-state index contributed by atoms with van der Waals surface area (Å²) in [5.41, 5.74) is 1.21. The number of thiazole rings is 1. The Labute approximate surface area is 118 Å². The molecule has 1 aromatic heterocycles. The van der Waals surface area contributed by atoms with Crippen molar-refractivity contribution < 1.29 is 9.90 Å². The maximum Gasteiger partial charge on any atom is 0.304 e. The van der Waals surface area contributed by atoms with Crippen LogP contribution < -0.4 is 0 Å². The lowest BCUT2D eigenvalue weighted by atomic mass is 9.93. The molecule has 1 unspecified atom stereocenters. The van der Waals surface area contributed by atoms with Crippen molar-refractivity contribution in [3.8, 4) is 0 Å². The molecule has 5 heteroatoms. The van der Waals surface area contributed by atoms with Crippen LogP contribution in [0, 0.1) is 0 Å². The Kier molecular flexibility index (Phi) is 4.26. The van der Waals surface area contributed by atoms with E-state index in [0.29, 0.717) is 0 Å². The van der Waals surface area contributed by atoms with E-state index in [0.717, 1.165) is 36.6 Å². The summed E-state index contributed by atoms with van der Waals surface area (Å²) in [6, 6.07) is 0.180. The fourth-order valence-electron chi connectivity index (χ4n) is 2.44. The summed E-state index contributed by atoms with van der Waals surface area (Å²) in [5, 5.41) is 12.2. The van der Waals surface area contributed by atoms with Gasteiger partial charge in [-0.15, -0.1) is 11.3 Å². The number of aromatic nitrogens is 1. The largest absolute Gasteiger partial charge is 0.481 e. The molecule has 1 fully saturated rings. The number of hydrogen-bond donors (Lipinski definition) is 1. The van der Waals surface area contributed by atoms with Gasteiger partial charge in [-0.2, -0.15) is 0 Å². The maximum absolute atomic E-state index is 10.8. The molecule has 19 heavy (non-hydrogen) atoms. The lowest BCUT2D eigenvalue weighted by Crippen LogP contribution is -2.30. The van der Waals surface area contributed by atoms with E-state index in [1.807, 2.05) is 0 Å². The van der Waals surface area contributed by atoms with Gasteiger partial charge in [0.05, 0.1) is 18.7 Å². The Morgan fingerprint density at radius 3 is 2.89 bits per heavy atom. The number of hydrogen-bond acceptors (Lipinski definition) is 4. The summed E-state index contributed by atoms with van der Waals surface area (Å²) in [6.07, 6.45) is 2.33. The minimum atomic E-state index is -0.702. The lowest BCUT2D eigenvalue weighted by molar-refractivity contribution is -0.138. The van der Waals surface area contributed by atoms with Crippen LogP contribution in [-0.2, 0) is 16.8 Å². The summed E-state index contributed by atoms with van der Waals surface area (Å²) < 4.78 is 0. The average molecular weight is 282 g/mol. The second-order valence-corrected chi connectivity index (χ2v) is 7.18. The smallest absolute Gasteiger partial charge is 0.304 e. The SMILES string of the molecule is CC(C)(C)c1csc(CN2CCCC2CC(=O)O)n1. The highest BCUT2D eigenvalue weighted by Crippen LogP contribution is 2.27. The number of aliphatic carboxylic acids is 1. The van der Waals surface area contributed by atoms with E-state index >= 15 is 0 Å². The molecule has 1 aliphatic heterocycles. The molecule has 1 N–H and O–H groups in total. The van der Waals surface area contributed by atoms with Crippen molar-refractivity contribution in [3.63, 3.8) is 0 Å². The number of carboxylic acid groups (broad SMARTS) is 1. The fourth-order valence-corrected chi connectivity index (χ4v) is 3.48. The van der Waals surface area contributed by atoms with Crippen LogP contribution in [0.5, 0.6) is 0 Å². The zero-order chi connectivity index (χ0) is 14.0. The second kappa shape index (κ2) is 5.59. The second-order valence-electron chi connectivity index (χ2n) is 6.24. The van der Waals surface area contributed by atoms with Gasteiger partial charge in [0.1, 0.15) is 5.01 Å². The number of carbonyl (C=O) groups is 1. The van der Waals surface area contributed by atoms with Crippen molar-refractivity contribution in [2.75, 3.05) is 6.54 Å². The third kappa shape index (κ3) is 3.76. The molecule has 0 amide bonds. The van der Waals surface area contributed by atoms with Crippen molar-refractivity contribution in [1.82, 2.24) is 9.88 Å². The van der Waals surface area contributed by atoms with Gasteiger partial charge in [0.2, 0.25) is 0 Å². The molecule has 4 nitrogen and oxygen atoms in total. The predicted octanol–water partition coefficient (Wildman–Crippen LogP) is 2.88. The molecule has 1 atom stereocenters. The van der Waals surface area contributed by atoms with E-state index in [-0.39, 0.29) is 17.9 Å². The van der Waals surface area contributed by atoms with Crippen molar-refractivity contribution in [1.29, 1.82) is 0 Å². The van der Waals surface area contributed by atoms with Crippen LogP contribution in [0.2, 0.25) is 0 Å². The topological polar surface area (TPSA) is 53.4 Å². The van der Waals surface area contributed by atoms with Gasteiger partial charge < -0.3 is 5.11 Å². The predicted molar refractivity (Wildman–Crippen MR) is 76.5 cm³/mol. The number of likely N-dealkylation sites (tertiary alicyclic amines) is 1. The Bertz CT molecular complexity index is 451. The van der Waals surface area contributed by atoms with Gasteiger partial charge in [0, 0.05) is 16.8 Å². The van der Waals surface area contributed by atoms with Crippen molar-refractivity contribution >= 4 is 17.3 Å². The minimum absolute atomic E-state index is 0.0836. The van der Waals surface area contributed by atoms with Gasteiger partial charge >= 0.3 is 5.97 Å². The van der Waals surface area contributed by atoms with E-state index < -0.39 is 5.97 Å². The molecule has 0 aromatic carbocycles. The van der Waals surface area contributed by atoms with Crippen LogP contribution in [0.25, 0.3) is 0 Å². The van der Waals surface area contributed by atoms with E-state index in [1.165, 1.54) is 0 Å². The quantitative estimate of drug-likeness (QED) is 0.922. The van der Waals surface area contributed by atoms with Gasteiger partial charge in [-0.1, -0.05) is 20.8 Å². The molecule has 0 radical (unpaired) electrons. The first-order valence-electron chi connectivity index (χ1n) is 6.77. The molecular formula is C14H22N2O2S. The fraction of sp³-hybridized carbons (Fsp3) is 0.714. The van der Waals surface area contributed by atoms with Crippen LogP contribution in [0.15, 0.2) is 5.38 Å². The first-order valence-corrected chi connectivity index (χ1v) is 7.65. The van der Waals surface area contributed by atoms with Gasteiger partial charge in [0.25, 0.3) is 0 Å². The zero-order valence-electron chi connectivity index (χ0n) is 11.8. The van der Waals surface area contributed by atoms with Gasteiger partial charge in [-0.05, 0) is 19.4 Å². The van der Waals surface area contributed by atoms with Crippen molar-refractivity contribution in [2.45, 2.75) is 58.0 Å². The summed E-state index contributed by atoms with van der Waals surface area (Å²) in [6.45, 7) is 8.26. The van der Waals surface area contributed by atoms with Gasteiger partial charge in [-0.3, -0.25) is 9.69 Å². The Morgan fingerprint density at radius 2 is 2.32 bits per heavy atom. The number of rotatable bonds is 4. The monoisotopic (exact) mass is 282 g/mol. The normalized spacial score (nSPS) is 20.9. The third-order valence-corrected chi connectivity index (χ3v) is 4.40. The first kappa shape index (κ1) is 14.5. The van der Waals surface area contributed by atoms with E-state index in [4.69, 9.17) is 5.11 Å². The van der Waals surface area contributed by atoms with Crippen LogP contribution in [0.1, 0.15) is 50.7 Å². The Morgan fingerprint density at radius 1 is 1.58 bits per heavy atom. The first-order chi connectivity index (χ1) is 8.86. The molecule has 1 aliphatic rings. The van der Waals surface area contributed by atoms with Crippen LogP contribution in [0.3, 0.4) is 0 Å². The summed E-state index contributed by atoms with van der Waals surface area (Å²) >= 11 is 1.68. The highest BCUT2D eigenvalue weighted by molar-refractivity contribution is 7.09.